The molecule has 16 heavy (non-hydrogen) atoms. The number of hydrogen-bond donors (Lipinski definition) is 0. The molecular formula is C11H9ClN2O2. The van der Waals surface area contributed by atoms with Crippen LogP contribution in [-0.4, -0.2) is 17.1 Å². The van der Waals surface area contributed by atoms with Crippen molar-refractivity contribution in [1.82, 2.24) is 9.97 Å². The van der Waals surface area contributed by atoms with Gasteiger partial charge in [-0.05, 0) is 12.1 Å². The standard InChI is InChI=1S/C11H9ClN2O2/c1-15-8-4-2-3-5-9(8)16-11-10(12)13-6-7-14-11/h2-7H,1H3. The number of methoxy groups -OCH3 is 1. The van der Waals surface area contributed by atoms with E-state index >= 15 is 0 Å². The Hall–Kier alpha value is -1.81. The highest BCUT2D eigenvalue weighted by Crippen LogP contribution is 2.31. The van der Waals surface area contributed by atoms with Gasteiger partial charge in [-0.25, -0.2) is 9.97 Å². The Morgan fingerprint density at radius 2 is 1.75 bits per heavy atom. The number of hydrogen-bond acceptors (Lipinski definition) is 4. The SMILES string of the molecule is COc1ccccc1Oc1nccnc1Cl. The molecule has 0 atom stereocenters. The fourth-order valence-corrected chi connectivity index (χ4v) is 1.33. The molecule has 0 radical (unpaired) electrons. The van der Waals surface area contributed by atoms with Gasteiger partial charge in [0.15, 0.2) is 16.7 Å². The Bertz CT molecular complexity index is 491. The topological polar surface area (TPSA) is 44.2 Å². The van der Waals surface area contributed by atoms with Crippen molar-refractivity contribution in [2.45, 2.75) is 0 Å². The average Bonchev–Trinajstić information content (AvgIpc) is 2.33. The van der Waals surface area contributed by atoms with E-state index in [0.29, 0.717) is 11.5 Å². The molecular weight excluding hydrogens is 228 g/mol. The second-order valence-electron chi connectivity index (χ2n) is 2.91. The maximum atomic E-state index is 5.83. The van der Waals surface area contributed by atoms with Crippen LogP contribution in [-0.2, 0) is 0 Å². The van der Waals surface area contributed by atoms with E-state index in [-0.39, 0.29) is 11.0 Å². The highest BCUT2D eigenvalue weighted by atomic mass is 35.5. The molecule has 0 aliphatic rings. The Morgan fingerprint density at radius 1 is 1.06 bits per heavy atom. The highest BCUT2D eigenvalue weighted by Gasteiger charge is 2.08. The van der Waals surface area contributed by atoms with Gasteiger partial charge in [-0.15, -0.1) is 0 Å². The van der Waals surface area contributed by atoms with Gasteiger partial charge < -0.3 is 9.47 Å². The van der Waals surface area contributed by atoms with Crippen LogP contribution in [0, 0.1) is 0 Å². The third-order valence-corrected chi connectivity index (χ3v) is 2.16. The second kappa shape index (κ2) is 4.81. The summed E-state index contributed by atoms with van der Waals surface area (Å²) in [5.74, 6) is 1.42. The molecule has 4 nitrogen and oxygen atoms in total. The molecule has 1 aromatic heterocycles. The van der Waals surface area contributed by atoms with E-state index in [1.54, 1.807) is 19.2 Å². The average molecular weight is 237 g/mol. The molecule has 0 amide bonds. The van der Waals surface area contributed by atoms with E-state index in [2.05, 4.69) is 9.97 Å². The zero-order valence-electron chi connectivity index (χ0n) is 8.55. The van der Waals surface area contributed by atoms with E-state index in [4.69, 9.17) is 21.1 Å². The Labute approximate surface area is 97.8 Å². The molecule has 5 heteroatoms. The summed E-state index contributed by atoms with van der Waals surface area (Å²) in [6, 6.07) is 7.25. The van der Waals surface area contributed by atoms with E-state index in [1.165, 1.54) is 12.4 Å². The summed E-state index contributed by atoms with van der Waals surface area (Å²) in [6.45, 7) is 0. The molecule has 0 spiro atoms. The van der Waals surface area contributed by atoms with E-state index < -0.39 is 0 Å². The van der Waals surface area contributed by atoms with Crippen LogP contribution in [0.2, 0.25) is 5.15 Å². The van der Waals surface area contributed by atoms with Crippen LogP contribution >= 0.6 is 11.6 Å². The van der Waals surface area contributed by atoms with Gasteiger partial charge in [-0.3, -0.25) is 0 Å². The molecule has 0 aliphatic carbocycles. The molecule has 0 saturated heterocycles. The van der Waals surface area contributed by atoms with Crippen molar-refractivity contribution in [1.29, 1.82) is 0 Å². The van der Waals surface area contributed by atoms with Gasteiger partial charge in [-0.1, -0.05) is 23.7 Å². The maximum Gasteiger partial charge on any atom is 0.257 e. The first-order chi connectivity index (χ1) is 7.81. The van der Waals surface area contributed by atoms with Crippen LogP contribution in [0.3, 0.4) is 0 Å². The summed E-state index contributed by atoms with van der Waals surface area (Å²) < 4.78 is 10.6. The minimum Gasteiger partial charge on any atom is -0.493 e. The molecule has 2 rings (SSSR count). The molecule has 0 fully saturated rings. The number of para-hydroxylation sites is 2. The lowest BCUT2D eigenvalue weighted by atomic mass is 10.3. The molecule has 0 saturated carbocycles. The van der Waals surface area contributed by atoms with Crippen LogP contribution in [0.25, 0.3) is 0 Å². The van der Waals surface area contributed by atoms with Gasteiger partial charge in [0.05, 0.1) is 7.11 Å². The molecule has 1 heterocycles. The molecule has 0 bridgehead atoms. The molecule has 2 aromatic rings. The summed E-state index contributed by atoms with van der Waals surface area (Å²) in [5.41, 5.74) is 0. The normalized spacial score (nSPS) is 9.88. The number of benzene rings is 1. The van der Waals surface area contributed by atoms with Crippen LogP contribution in [0.1, 0.15) is 0 Å². The fraction of sp³-hybridized carbons (Fsp3) is 0.0909. The molecule has 1 aromatic carbocycles. The minimum atomic E-state index is 0.216. The summed E-state index contributed by atoms with van der Waals surface area (Å²) in [6.07, 6.45) is 3.01. The smallest absolute Gasteiger partial charge is 0.257 e. The first-order valence-electron chi connectivity index (χ1n) is 4.58. The summed E-state index contributed by atoms with van der Waals surface area (Å²) in [4.78, 5) is 7.84. The van der Waals surface area contributed by atoms with Crippen LogP contribution in [0.4, 0.5) is 0 Å². The predicted molar refractivity (Wildman–Crippen MR) is 60.1 cm³/mol. The monoisotopic (exact) mass is 236 g/mol. The lowest BCUT2D eigenvalue weighted by Gasteiger charge is -2.09. The number of halogens is 1. The van der Waals surface area contributed by atoms with Gasteiger partial charge in [0, 0.05) is 12.4 Å². The zero-order chi connectivity index (χ0) is 11.4. The quantitative estimate of drug-likeness (QED) is 0.822. The van der Waals surface area contributed by atoms with Gasteiger partial charge in [0.2, 0.25) is 0 Å². The number of ether oxygens (including phenoxy) is 2. The lowest BCUT2D eigenvalue weighted by molar-refractivity contribution is 0.373. The largest absolute Gasteiger partial charge is 0.493 e. The molecule has 82 valence electrons. The predicted octanol–water partition coefficient (Wildman–Crippen LogP) is 2.93. The van der Waals surface area contributed by atoms with Gasteiger partial charge in [0.1, 0.15) is 0 Å². The maximum absolute atomic E-state index is 5.83. The van der Waals surface area contributed by atoms with Crippen LogP contribution in [0.15, 0.2) is 36.7 Å². The Morgan fingerprint density at radius 3 is 2.44 bits per heavy atom. The highest BCUT2D eigenvalue weighted by molar-refractivity contribution is 6.30. The fourth-order valence-electron chi connectivity index (χ4n) is 1.18. The van der Waals surface area contributed by atoms with Crippen molar-refractivity contribution < 1.29 is 9.47 Å². The number of rotatable bonds is 3. The Kier molecular flexibility index (Phi) is 3.22. The minimum absolute atomic E-state index is 0.216. The summed E-state index contributed by atoms with van der Waals surface area (Å²) >= 11 is 5.83. The number of nitrogens with zero attached hydrogens (tertiary/aromatic N) is 2. The van der Waals surface area contributed by atoms with Crippen LogP contribution in [0.5, 0.6) is 17.4 Å². The summed E-state index contributed by atoms with van der Waals surface area (Å²) in [7, 11) is 1.57. The molecule has 0 N–H and O–H groups in total. The van der Waals surface area contributed by atoms with Crippen LogP contribution < -0.4 is 9.47 Å². The van der Waals surface area contributed by atoms with Gasteiger partial charge in [0.25, 0.3) is 5.88 Å². The van der Waals surface area contributed by atoms with Crippen molar-refractivity contribution in [2.24, 2.45) is 0 Å². The van der Waals surface area contributed by atoms with E-state index in [9.17, 15) is 0 Å². The number of aromatic nitrogens is 2. The van der Waals surface area contributed by atoms with Crippen molar-refractivity contribution in [3.8, 4) is 17.4 Å². The first-order valence-corrected chi connectivity index (χ1v) is 4.96. The Balaban J connectivity index is 2.30. The second-order valence-corrected chi connectivity index (χ2v) is 3.26. The van der Waals surface area contributed by atoms with Crippen molar-refractivity contribution in [3.63, 3.8) is 0 Å². The summed E-state index contributed by atoms with van der Waals surface area (Å²) in [5, 5.41) is 0.216. The van der Waals surface area contributed by atoms with Crippen molar-refractivity contribution in [3.05, 3.63) is 41.8 Å². The van der Waals surface area contributed by atoms with E-state index in [1.807, 2.05) is 12.1 Å². The van der Waals surface area contributed by atoms with Gasteiger partial charge >= 0.3 is 0 Å². The third-order valence-electron chi connectivity index (χ3n) is 1.90. The first kappa shape index (κ1) is 10.7. The zero-order valence-corrected chi connectivity index (χ0v) is 9.31. The van der Waals surface area contributed by atoms with E-state index in [0.717, 1.165) is 0 Å². The molecule has 0 aliphatic heterocycles. The lowest BCUT2D eigenvalue weighted by Crippen LogP contribution is -1.93. The third kappa shape index (κ3) is 2.23. The van der Waals surface area contributed by atoms with Gasteiger partial charge in [-0.2, -0.15) is 0 Å². The molecule has 0 unspecified atom stereocenters. The van der Waals surface area contributed by atoms with Crippen molar-refractivity contribution in [2.75, 3.05) is 7.11 Å². The van der Waals surface area contributed by atoms with Crippen molar-refractivity contribution >= 4 is 11.6 Å².